The number of anilines is 3. The zero-order valence-electron chi connectivity index (χ0n) is 11.4. The molecule has 0 amide bonds. The van der Waals surface area contributed by atoms with Crippen LogP contribution in [0.2, 0.25) is 0 Å². The Balaban J connectivity index is 2.22. The summed E-state index contributed by atoms with van der Waals surface area (Å²) < 4.78 is 43.1. The van der Waals surface area contributed by atoms with E-state index < -0.39 is 11.7 Å². The fourth-order valence-corrected chi connectivity index (χ4v) is 1.84. The summed E-state index contributed by atoms with van der Waals surface area (Å²) in [5.41, 5.74) is 6.03. The second-order valence-electron chi connectivity index (χ2n) is 4.39. The van der Waals surface area contributed by atoms with Crippen LogP contribution in [0.1, 0.15) is 12.5 Å². The molecule has 0 aromatic heterocycles. The van der Waals surface area contributed by atoms with Crippen LogP contribution >= 0.6 is 0 Å². The van der Waals surface area contributed by atoms with Crippen molar-refractivity contribution in [3.8, 4) is 5.75 Å². The fourth-order valence-electron chi connectivity index (χ4n) is 1.84. The van der Waals surface area contributed by atoms with Gasteiger partial charge in [0, 0.05) is 11.8 Å². The zero-order chi connectivity index (χ0) is 15.5. The summed E-state index contributed by atoms with van der Waals surface area (Å²) >= 11 is 0. The Morgan fingerprint density at radius 1 is 1.14 bits per heavy atom. The first-order valence-electron chi connectivity index (χ1n) is 6.36. The first-order valence-corrected chi connectivity index (χ1v) is 6.36. The highest BCUT2D eigenvalue weighted by Crippen LogP contribution is 2.34. The molecule has 0 saturated heterocycles. The summed E-state index contributed by atoms with van der Waals surface area (Å²) in [7, 11) is 0. The number of ether oxygens (including phenoxy) is 1. The predicted molar refractivity (Wildman–Crippen MR) is 76.8 cm³/mol. The quantitative estimate of drug-likeness (QED) is 0.820. The Kier molecular flexibility index (Phi) is 4.26. The number of rotatable bonds is 4. The number of nitrogens with two attached hydrogens (primary N) is 1. The van der Waals surface area contributed by atoms with Crippen LogP contribution in [0.4, 0.5) is 30.2 Å². The van der Waals surface area contributed by atoms with Crippen LogP contribution in [0, 0.1) is 0 Å². The molecule has 0 aliphatic heterocycles. The number of halogens is 3. The van der Waals surface area contributed by atoms with E-state index in [1.807, 2.05) is 6.92 Å². The molecule has 112 valence electrons. The molecule has 0 aliphatic carbocycles. The van der Waals surface area contributed by atoms with Crippen molar-refractivity contribution in [2.45, 2.75) is 13.1 Å². The summed E-state index contributed by atoms with van der Waals surface area (Å²) in [6.45, 7) is 2.40. The third kappa shape index (κ3) is 3.81. The van der Waals surface area contributed by atoms with Crippen LogP contribution in [0.3, 0.4) is 0 Å². The predicted octanol–water partition coefficient (Wildman–Crippen LogP) is 4.43. The number of alkyl halides is 3. The molecular weight excluding hydrogens is 281 g/mol. The molecule has 0 heterocycles. The van der Waals surface area contributed by atoms with Gasteiger partial charge in [0.25, 0.3) is 0 Å². The largest absolute Gasteiger partial charge is 0.494 e. The minimum Gasteiger partial charge on any atom is -0.494 e. The van der Waals surface area contributed by atoms with Gasteiger partial charge in [0.05, 0.1) is 23.5 Å². The standard InChI is InChI=1S/C15H15F3N2O/c1-2-21-12-5-3-4-11(9-12)20-14-7-6-10(8-13(14)19)15(16,17)18/h3-9,20H,2,19H2,1H3. The van der Waals surface area contributed by atoms with Crippen LogP contribution < -0.4 is 15.8 Å². The van der Waals surface area contributed by atoms with E-state index in [4.69, 9.17) is 10.5 Å². The average Bonchev–Trinajstić information content (AvgIpc) is 2.41. The molecule has 2 rings (SSSR count). The summed E-state index contributed by atoms with van der Waals surface area (Å²) in [6.07, 6.45) is -4.40. The number of nitrogens with one attached hydrogen (secondary N) is 1. The molecule has 6 heteroatoms. The van der Waals surface area contributed by atoms with Gasteiger partial charge in [-0.25, -0.2) is 0 Å². The van der Waals surface area contributed by atoms with E-state index >= 15 is 0 Å². The lowest BCUT2D eigenvalue weighted by molar-refractivity contribution is -0.137. The van der Waals surface area contributed by atoms with E-state index in [9.17, 15) is 13.2 Å². The van der Waals surface area contributed by atoms with Crippen molar-refractivity contribution in [3.05, 3.63) is 48.0 Å². The Morgan fingerprint density at radius 3 is 2.52 bits per heavy atom. The molecule has 3 nitrogen and oxygen atoms in total. The molecular formula is C15H15F3N2O. The van der Waals surface area contributed by atoms with E-state index in [2.05, 4.69) is 5.32 Å². The van der Waals surface area contributed by atoms with Crippen molar-refractivity contribution < 1.29 is 17.9 Å². The number of hydrogen-bond acceptors (Lipinski definition) is 3. The molecule has 2 aromatic carbocycles. The minimum atomic E-state index is -4.40. The Bertz CT molecular complexity index is 627. The van der Waals surface area contributed by atoms with Crippen molar-refractivity contribution in [2.24, 2.45) is 0 Å². The maximum Gasteiger partial charge on any atom is 0.416 e. The zero-order valence-corrected chi connectivity index (χ0v) is 11.4. The second kappa shape index (κ2) is 5.95. The van der Waals surface area contributed by atoms with Gasteiger partial charge in [-0.3, -0.25) is 0 Å². The minimum absolute atomic E-state index is 0.0339. The van der Waals surface area contributed by atoms with Gasteiger partial charge in [0.15, 0.2) is 0 Å². The van der Waals surface area contributed by atoms with Crippen LogP contribution in [-0.2, 0) is 6.18 Å². The van der Waals surface area contributed by atoms with E-state index in [1.165, 1.54) is 6.07 Å². The van der Waals surface area contributed by atoms with Gasteiger partial charge in [-0.2, -0.15) is 13.2 Å². The van der Waals surface area contributed by atoms with Gasteiger partial charge in [-0.15, -0.1) is 0 Å². The Hall–Kier alpha value is -2.37. The molecule has 21 heavy (non-hydrogen) atoms. The smallest absolute Gasteiger partial charge is 0.416 e. The number of hydrogen-bond donors (Lipinski definition) is 2. The molecule has 2 aromatic rings. The third-order valence-corrected chi connectivity index (χ3v) is 2.80. The van der Waals surface area contributed by atoms with Gasteiger partial charge in [0.2, 0.25) is 0 Å². The number of nitrogen functional groups attached to an aromatic ring is 1. The lowest BCUT2D eigenvalue weighted by Crippen LogP contribution is -2.06. The maximum absolute atomic E-state index is 12.6. The summed E-state index contributed by atoms with van der Waals surface area (Å²) in [4.78, 5) is 0. The van der Waals surface area contributed by atoms with Gasteiger partial charge in [-0.05, 0) is 37.3 Å². The summed E-state index contributed by atoms with van der Waals surface area (Å²) in [5.74, 6) is 0.674. The van der Waals surface area contributed by atoms with Crippen molar-refractivity contribution >= 4 is 17.1 Å². The third-order valence-electron chi connectivity index (χ3n) is 2.80. The molecule has 0 atom stereocenters. The van der Waals surface area contributed by atoms with E-state index in [1.54, 1.807) is 24.3 Å². The maximum atomic E-state index is 12.6. The molecule has 0 fully saturated rings. The Labute approximate surface area is 120 Å². The molecule has 0 bridgehead atoms. The lowest BCUT2D eigenvalue weighted by Gasteiger charge is -2.13. The SMILES string of the molecule is CCOc1cccc(Nc2ccc(C(F)(F)F)cc2N)c1. The first kappa shape index (κ1) is 15.0. The van der Waals surface area contributed by atoms with Crippen LogP contribution in [0.25, 0.3) is 0 Å². The van der Waals surface area contributed by atoms with Gasteiger partial charge in [-0.1, -0.05) is 6.07 Å². The number of benzene rings is 2. The highest BCUT2D eigenvalue weighted by molar-refractivity contribution is 5.73. The molecule has 0 unspecified atom stereocenters. The Morgan fingerprint density at radius 2 is 1.90 bits per heavy atom. The fraction of sp³-hybridized carbons (Fsp3) is 0.200. The van der Waals surface area contributed by atoms with Crippen molar-refractivity contribution in [1.82, 2.24) is 0 Å². The monoisotopic (exact) mass is 296 g/mol. The normalized spacial score (nSPS) is 11.2. The molecule has 0 saturated carbocycles. The van der Waals surface area contributed by atoms with E-state index in [0.29, 0.717) is 23.7 Å². The van der Waals surface area contributed by atoms with Crippen molar-refractivity contribution in [3.63, 3.8) is 0 Å². The van der Waals surface area contributed by atoms with Gasteiger partial charge >= 0.3 is 6.18 Å². The van der Waals surface area contributed by atoms with Crippen LogP contribution in [-0.4, -0.2) is 6.61 Å². The highest BCUT2D eigenvalue weighted by Gasteiger charge is 2.30. The first-order chi connectivity index (χ1) is 9.90. The molecule has 0 spiro atoms. The molecule has 3 N–H and O–H groups in total. The topological polar surface area (TPSA) is 47.3 Å². The van der Waals surface area contributed by atoms with Gasteiger partial charge in [0.1, 0.15) is 5.75 Å². The van der Waals surface area contributed by atoms with Crippen molar-refractivity contribution in [1.29, 1.82) is 0 Å². The van der Waals surface area contributed by atoms with Crippen molar-refractivity contribution in [2.75, 3.05) is 17.7 Å². The lowest BCUT2D eigenvalue weighted by atomic mass is 10.1. The highest BCUT2D eigenvalue weighted by atomic mass is 19.4. The van der Waals surface area contributed by atoms with Gasteiger partial charge < -0.3 is 15.8 Å². The van der Waals surface area contributed by atoms with Crippen LogP contribution in [0.15, 0.2) is 42.5 Å². The average molecular weight is 296 g/mol. The summed E-state index contributed by atoms with van der Waals surface area (Å²) in [6, 6.07) is 10.3. The molecule has 0 aliphatic rings. The van der Waals surface area contributed by atoms with E-state index in [-0.39, 0.29) is 5.69 Å². The second-order valence-corrected chi connectivity index (χ2v) is 4.39. The summed E-state index contributed by atoms with van der Waals surface area (Å²) in [5, 5.41) is 2.98. The van der Waals surface area contributed by atoms with Crippen LogP contribution in [0.5, 0.6) is 5.75 Å². The molecule has 0 radical (unpaired) electrons. The van der Waals surface area contributed by atoms with E-state index in [0.717, 1.165) is 12.1 Å².